The van der Waals surface area contributed by atoms with Crippen molar-refractivity contribution in [1.82, 2.24) is 0 Å². The Labute approximate surface area is 68.7 Å². The van der Waals surface area contributed by atoms with E-state index in [1.54, 1.807) is 11.5 Å². The van der Waals surface area contributed by atoms with Crippen molar-refractivity contribution < 1.29 is 0 Å². The normalized spacial score (nSPS) is 36.4. The molecule has 0 aromatic rings. The second kappa shape index (κ2) is 2.63. The Bertz CT molecular complexity index is 183. The van der Waals surface area contributed by atoms with Crippen LogP contribution in [-0.4, -0.2) is 6.54 Å². The van der Waals surface area contributed by atoms with Crippen LogP contribution in [0.3, 0.4) is 0 Å². The van der Waals surface area contributed by atoms with Crippen molar-refractivity contribution in [1.29, 1.82) is 0 Å². The molecule has 0 unspecified atom stereocenters. The van der Waals surface area contributed by atoms with Crippen LogP contribution in [0, 0.1) is 17.8 Å². The van der Waals surface area contributed by atoms with Gasteiger partial charge in [0.05, 0.1) is 0 Å². The van der Waals surface area contributed by atoms with E-state index in [1.165, 1.54) is 19.3 Å². The van der Waals surface area contributed by atoms with Crippen LogP contribution in [0.25, 0.3) is 0 Å². The molecule has 2 N–H and O–H groups in total. The third-order valence-corrected chi connectivity index (χ3v) is 3.16. The van der Waals surface area contributed by atoms with Crippen LogP contribution in [-0.2, 0) is 0 Å². The topological polar surface area (TPSA) is 26.0 Å². The van der Waals surface area contributed by atoms with Crippen LogP contribution in [0.4, 0.5) is 0 Å². The summed E-state index contributed by atoms with van der Waals surface area (Å²) in [6, 6.07) is 0. The van der Waals surface area contributed by atoms with Gasteiger partial charge in [-0.2, -0.15) is 0 Å². The Morgan fingerprint density at radius 2 is 2.36 bits per heavy atom. The second-order valence-electron chi connectivity index (χ2n) is 3.73. The van der Waals surface area contributed by atoms with Gasteiger partial charge in [-0.3, -0.25) is 0 Å². The molecule has 0 aromatic carbocycles. The molecule has 0 aliphatic heterocycles. The van der Waals surface area contributed by atoms with Gasteiger partial charge < -0.3 is 5.73 Å². The van der Waals surface area contributed by atoms with E-state index in [1.807, 2.05) is 0 Å². The Kier molecular flexibility index (Phi) is 1.76. The van der Waals surface area contributed by atoms with Gasteiger partial charge in [-0.05, 0) is 43.6 Å². The van der Waals surface area contributed by atoms with Crippen LogP contribution in [0.2, 0.25) is 0 Å². The number of allylic oxidation sites excluding steroid dienone is 2. The monoisotopic (exact) mass is 150 g/mol. The molecule has 1 fully saturated rings. The molecule has 2 aliphatic rings. The van der Waals surface area contributed by atoms with Crippen LogP contribution in [0.1, 0.15) is 26.2 Å². The van der Waals surface area contributed by atoms with Gasteiger partial charge in [-0.15, -0.1) is 0 Å². The fourth-order valence-corrected chi connectivity index (χ4v) is 2.37. The van der Waals surface area contributed by atoms with Gasteiger partial charge in [0.1, 0.15) is 0 Å². The predicted molar refractivity (Wildman–Crippen MR) is 46.9 cm³/mol. The Hall–Kier alpha value is -0.300. The van der Waals surface area contributed by atoms with Crippen molar-refractivity contribution in [2.45, 2.75) is 26.2 Å². The van der Waals surface area contributed by atoms with Gasteiger partial charge in [0.25, 0.3) is 0 Å². The van der Waals surface area contributed by atoms with E-state index >= 15 is 0 Å². The number of nitrogens with two attached hydrogens (primary N) is 1. The van der Waals surface area contributed by atoms with E-state index in [0.717, 1.165) is 18.4 Å². The summed E-state index contributed by atoms with van der Waals surface area (Å²) in [6.07, 6.45) is 6.35. The molecule has 0 heterocycles. The first kappa shape index (κ1) is 7.35. The summed E-state index contributed by atoms with van der Waals surface area (Å²) in [5, 5.41) is 0. The number of fused-ring (bicyclic) bond motifs is 1. The summed E-state index contributed by atoms with van der Waals surface area (Å²) in [4.78, 5) is 0. The maximum atomic E-state index is 5.61. The zero-order chi connectivity index (χ0) is 7.84. The van der Waals surface area contributed by atoms with E-state index < -0.39 is 0 Å². The molecule has 1 saturated carbocycles. The lowest BCUT2D eigenvalue weighted by Crippen LogP contribution is -2.35. The second-order valence-corrected chi connectivity index (χ2v) is 3.73. The Morgan fingerprint density at radius 3 is 3.00 bits per heavy atom. The van der Waals surface area contributed by atoms with E-state index in [4.69, 9.17) is 5.73 Å². The zero-order valence-electron chi connectivity index (χ0n) is 7.14. The molecule has 1 radical (unpaired) electrons. The lowest BCUT2D eigenvalue weighted by Gasteiger charge is -2.38. The largest absolute Gasteiger partial charge is 0.330 e. The average molecular weight is 150 g/mol. The van der Waals surface area contributed by atoms with Gasteiger partial charge in [0, 0.05) is 0 Å². The van der Waals surface area contributed by atoms with Crippen LogP contribution in [0.5, 0.6) is 0 Å². The molecule has 1 nitrogen and oxygen atoms in total. The summed E-state index contributed by atoms with van der Waals surface area (Å²) in [6.45, 7) is 3.06. The average Bonchev–Trinajstić information content (AvgIpc) is 2.31. The smallest absolute Gasteiger partial charge is 0.000863 e. The third kappa shape index (κ3) is 1.02. The summed E-state index contributed by atoms with van der Waals surface area (Å²) in [7, 11) is 0. The van der Waals surface area contributed by atoms with Crippen molar-refractivity contribution in [3.8, 4) is 0 Å². The molecule has 2 rings (SSSR count). The fraction of sp³-hybridized carbons (Fsp3) is 0.700. The molecule has 0 spiro atoms. The minimum absolute atomic E-state index is 0.787. The summed E-state index contributed by atoms with van der Waals surface area (Å²) < 4.78 is 0. The van der Waals surface area contributed by atoms with Gasteiger partial charge in [-0.1, -0.05) is 18.6 Å². The highest BCUT2D eigenvalue weighted by atomic mass is 14.6. The molecule has 0 aromatic heterocycles. The molecular formula is C10H16N. The lowest BCUT2D eigenvalue weighted by atomic mass is 9.66. The molecule has 11 heavy (non-hydrogen) atoms. The lowest BCUT2D eigenvalue weighted by molar-refractivity contribution is 0.283. The highest BCUT2D eigenvalue weighted by molar-refractivity contribution is 5.28. The number of rotatable bonds is 2. The molecule has 1 heteroatoms. The maximum Gasteiger partial charge on any atom is -0.000863 e. The van der Waals surface area contributed by atoms with Crippen LogP contribution in [0.15, 0.2) is 11.6 Å². The molecule has 61 valence electrons. The van der Waals surface area contributed by atoms with E-state index in [9.17, 15) is 0 Å². The predicted octanol–water partition coefficient (Wildman–Crippen LogP) is 1.90. The first-order valence-electron chi connectivity index (χ1n) is 4.59. The van der Waals surface area contributed by atoms with E-state index in [2.05, 4.69) is 13.0 Å². The quantitative estimate of drug-likeness (QED) is 0.598. The van der Waals surface area contributed by atoms with E-state index in [0.29, 0.717) is 0 Å². The number of hydrogen-bond donors (Lipinski definition) is 1. The molecule has 0 bridgehead atoms. The zero-order valence-corrected chi connectivity index (χ0v) is 7.14. The molecule has 0 amide bonds. The van der Waals surface area contributed by atoms with Crippen molar-refractivity contribution in [2.75, 3.05) is 6.54 Å². The standard InChI is InChI=1S/C10H16N/c1-2-7-3-8-5-9(6-11)10(8)4-7/h4,8,10H,2-3,5-6,11H2,1H3/t8-,10+/m1/s1. The van der Waals surface area contributed by atoms with Crippen LogP contribution >= 0.6 is 0 Å². The summed E-state index contributed by atoms with van der Waals surface area (Å²) in [5.74, 6) is 3.32. The van der Waals surface area contributed by atoms with Gasteiger partial charge in [0.15, 0.2) is 0 Å². The minimum atomic E-state index is 0.787. The Morgan fingerprint density at radius 1 is 1.55 bits per heavy atom. The Balaban J connectivity index is 2.00. The summed E-state index contributed by atoms with van der Waals surface area (Å²) >= 11 is 0. The molecule has 0 saturated heterocycles. The third-order valence-electron chi connectivity index (χ3n) is 3.16. The van der Waals surface area contributed by atoms with Crippen molar-refractivity contribution in [3.63, 3.8) is 0 Å². The molecule has 2 atom stereocenters. The van der Waals surface area contributed by atoms with E-state index in [-0.39, 0.29) is 0 Å². The van der Waals surface area contributed by atoms with Crippen molar-refractivity contribution >= 4 is 0 Å². The maximum absolute atomic E-state index is 5.61. The van der Waals surface area contributed by atoms with Gasteiger partial charge >= 0.3 is 0 Å². The van der Waals surface area contributed by atoms with Gasteiger partial charge in [0.2, 0.25) is 0 Å². The highest BCUT2D eigenvalue weighted by Crippen LogP contribution is 2.51. The molecular weight excluding hydrogens is 134 g/mol. The van der Waals surface area contributed by atoms with Crippen molar-refractivity contribution in [2.24, 2.45) is 17.6 Å². The minimum Gasteiger partial charge on any atom is -0.330 e. The SMILES string of the molecule is CCC1=C[C@@H]2[C](CN)C[C@H]2C1. The van der Waals surface area contributed by atoms with Gasteiger partial charge in [-0.25, -0.2) is 0 Å². The summed E-state index contributed by atoms with van der Waals surface area (Å²) in [5.41, 5.74) is 7.27. The molecule has 2 aliphatic carbocycles. The highest BCUT2D eigenvalue weighted by Gasteiger charge is 2.42. The first-order chi connectivity index (χ1) is 5.35. The fourth-order valence-electron chi connectivity index (χ4n) is 2.37. The van der Waals surface area contributed by atoms with Crippen LogP contribution < -0.4 is 5.73 Å². The van der Waals surface area contributed by atoms with Crippen molar-refractivity contribution in [3.05, 3.63) is 17.6 Å². The first-order valence-corrected chi connectivity index (χ1v) is 4.59. The number of hydrogen-bond acceptors (Lipinski definition) is 1.